The minimum atomic E-state index is -4.06. The van der Waals surface area contributed by atoms with Crippen molar-refractivity contribution >= 4 is 25.6 Å². The third-order valence-electron chi connectivity index (χ3n) is 4.36. The Bertz CT molecular complexity index is 1360. The number of allylic oxidation sites excluding steroid dienone is 4. The number of hydrogen-bond acceptors (Lipinski definition) is 5. The summed E-state index contributed by atoms with van der Waals surface area (Å²) in [7, 11) is -4.06. The van der Waals surface area contributed by atoms with Crippen LogP contribution < -0.4 is 0 Å². The number of rotatable bonds is 3. The predicted molar refractivity (Wildman–Crippen MR) is 109 cm³/mol. The molecule has 0 amide bonds. The van der Waals surface area contributed by atoms with Gasteiger partial charge in [0.2, 0.25) is 9.84 Å². The van der Waals surface area contributed by atoms with Gasteiger partial charge in [0.05, 0.1) is 39.6 Å². The van der Waals surface area contributed by atoms with Gasteiger partial charge in [-0.25, -0.2) is 23.3 Å². The number of carbonyl (C=O) groups is 1. The fourth-order valence-electron chi connectivity index (χ4n) is 2.85. The molecule has 30 heavy (non-hydrogen) atoms. The molecular weight excluding hydrogens is 402 g/mol. The molecule has 0 spiro atoms. The second-order valence-corrected chi connectivity index (χ2v) is 8.01. The fourth-order valence-corrected chi connectivity index (χ4v) is 4.55. The Morgan fingerprint density at radius 2 is 1.43 bits per heavy atom. The van der Waals surface area contributed by atoms with Crippen molar-refractivity contribution < 1.29 is 18.3 Å². The Balaban J connectivity index is 2.26. The number of hydrogen-bond donors (Lipinski definition) is 1. The summed E-state index contributed by atoms with van der Waals surface area (Å²) in [5, 5.41) is 27.3. The molecule has 0 unspecified atom stereocenters. The molecule has 0 radical (unpaired) electrons. The SMILES string of the molecule is [C-]#[N+]/C(C#N)=C1/C=C(c2ccc(C#N)cc2)S(=O)(=O)C(c2ccc(C(=O)O)cc2)=C1. The maximum atomic E-state index is 13.3. The molecule has 0 aromatic heterocycles. The summed E-state index contributed by atoms with van der Waals surface area (Å²) in [5.41, 5.74) is 0.697. The molecule has 0 atom stereocenters. The largest absolute Gasteiger partial charge is 0.478 e. The van der Waals surface area contributed by atoms with Crippen molar-refractivity contribution in [1.29, 1.82) is 10.5 Å². The van der Waals surface area contributed by atoms with Gasteiger partial charge in [0.15, 0.2) is 0 Å². The summed E-state index contributed by atoms with van der Waals surface area (Å²) in [6, 6.07) is 14.9. The van der Waals surface area contributed by atoms with Gasteiger partial charge in [-0.2, -0.15) is 5.26 Å². The lowest BCUT2D eigenvalue weighted by Gasteiger charge is -2.19. The van der Waals surface area contributed by atoms with E-state index in [1.165, 1.54) is 60.7 Å². The number of nitrogens with zero attached hydrogens (tertiary/aromatic N) is 3. The Morgan fingerprint density at radius 3 is 1.83 bits per heavy atom. The first-order valence-electron chi connectivity index (χ1n) is 8.36. The number of nitriles is 2. The highest BCUT2D eigenvalue weighted by molar-refractivity contribution is 8.09. The molecule has 2 aromatic rings. The van der Waals surface area contributed by atoms with Crippen molar-refractivity contribution in [3.05, 3.63) is 106 Å². The zero-order chi connectivity index (χ0) is 21.9. The van der Waals surface area contributed by atoms with E-state index in [1.54, 1.807) is 6.07 Å². The molecule has 0 bridgehead atoms. The van der Waals surface area contributed by atoms with Crippen LogP contribution in [0, 0.1) is 29.2 Å². The number of benzene rings is 2. The van der Waals surface area contributed by atoms with E-state index in [9.17, 15) is 18.5 Å². The van der Waals surface area contributed by atoms with E-state index in [-0.39, 0.29) is 32.2 Å². The van der Waals surface area contributed by atoms with Crippen molar-refractivity contribution in [2.24, 2.45) is 0 Å². The topological polar surface area (TPSA) is 123 Å². The summed E-state index contributed by atoms with van der Waals surface area (Å²) >= 11 is 0. The molecule has 3 rings (SSSR count). The Hall–Kier alpha value is -4.45. The van der Waals surface area contributed by atoms with Crippen LogP contribution in [0.5, 0.6) is 0 Å². The molecule has 1 heterocycles. The normalized spacial score (nSPS) is 16.2. The molecule has 0 saturated heterocycles. The lowest BCUT2D eigenvalue weighted by atomic mass is 10.1. The monoisotopic (exact) mass is 413 g/mol. The van der Waals surface area contributed by atoms with Gasteiger partial charge in [-0.15, -0.1) is 0 Å². The van der Waals surface area contributed by atoms with Gasteiger partial charge < -0.3 is 5.11 Å². The summed E-state index contributed by atoms with van der Waals surface area (Å²) in [6.07, 6.45) is 2.48. The van der Waals surface area contributed by atoms with Gasteiger partial charge in [-0.1, -0.05) is 24.3 Å². The molecule has 2 aromatic carbocycles. The van der Waals surface area contributed by atoms with Crippen molar-refractivity contribution in [3.8, 4) is 12.1 Å². The van der Waals surface area contributed by atoms with Crippen molar-refractivity contribution in [2.75, 3.05) is 0 Å². The molecule has 7 nitrogen and oxygen atoms in total. The Kier molecular flexibility index (Phi) is 5.33. The fraction of sp³-hybridized carbons (Fsp3) is 0. The van der Waals surface area contributed by atoms with Crippen LogP contribution in [0.4, 0.5) is 0 Å². The molecule has 8 heteroatoms. The number of carboxylic acid groups (broad SMARTS) is 1. The van der Waals surface area contributed by atoms with Gasteiger partial charge in [-0.05, 0) is 53.1 Å². The quantitative estimate of drug-likeness (QED) is 0.603. The summed E-state index contributed by atoms with van der Waals surface area (Å²) in [6.45, 7) is 7.20. The highest BCUT2D eigenvalue weighted by Gasteiger charge is 2.30. The van der Waals surface area contributed by atoms with E-state index in [2.05, 4.69) is 4.85 Å². The average Bonchev–Trinajstić information content (AvgIpc) is 2.75. The average molecular weight is 413 g/mol. The molecule has 144 valence electrons. The van der Waals surface area contributed by atoms with Crippen molar-refractivity contribution in [1.82, 2.24) is 0 Å². The molecule has 0 aliphatic carbocycles. The standard InChI is InChI=1S/C22H11N3O4S/c1-25-19(13-24)18-10-20(15-4-2-14(12-23)3-5-15)30(28,29)21(11-18)16-6-8-17(9-7-16)22(26)27/h2-11H,(H,26,27)/b19-18-. The van der Waals surface area contributed by atoms with Crippen LogP contribution in [-0.4, -0.2) is 19.5 Å². The molecule has 0 saturated carbocycles. The second-order valence-electron chi connectivity index (χ2n) is 6.12. The first-order chi connectivity index (χ1) is 14.3. The van der Waals surface area contributed by atoms with E-state index >= 15 is 0 Å². The minimum Gasteiger partial charge on any atom is -0.478 e. The summed E-state index contributed by atoms with van der Waals surface area (Å²) < 4.78 is 26.7. The maximum Gasteiger partial charge on any atom is 0.335 e. The second kappa shape index (κ2) is 7.89. The lowest BCUT2D eigenvalue weighted by molar-refractivity contribution is 0.0697. The zero-order valence-electron chi connectivity index (χ0n) is 15.2. The number of sulfone groups is 1. The predicted octanol–water partition coefficient (Wildman–Crippen LogP) is 3.76. The van der Waals surface area contributed by atoms with E-state index in [0.717, 1.165) is 0 Å². The summed E-state index contributed by atoms with van der Waals surface area (Å²) in [4.78, 5) is 14.0. The molecule has 1 aliphatic rings. The maximum absolute atomic E-state index is 13.3. The van der Waals surface area contributed by atoms with Crippen LogP contribution >= 0.6 is 0 Å². The van der Waals surface area contributed by atoms with Crippen LogP contribution in [-0.2, 0) is 9.84 Å². The third-order valence-corrected chi connectivity index (χ3v) is 6.22. The first-order valence-corrected chi connectivity index (χ1v) is 9.84. The van der Waals surface area contributed by atoms with Gasteiger partial charge >= 0.3 is 5.97 Å². The smallest absolute Gasteiger partial charge is 0.335 e. The van der Waals surface area contributed by atoms with Crippen LogP contribution in [0.2, 0.25) is 0 Å². The van der Waals surface area contributed by atoms with Gasteiger partial charge in [0, 0.05) is 0 Å². The molecule has 1 aliphatic heterocycles. The number of carboxylic acids is 1. The van der Waals surface area contributed by atoms with E-state index in [1.807, 2.05) is 6.07 Å². The molecule has 1 N–H and O–H groups in total. The zero-order valence-corrected chi connectivity index (χ0v) is 16.0. The number of aromatic carboxylic acids is 1. The van der Waals surface area contributed by atoms with Gasteiger partial charge in [0.25, 0.3) is 5.70 Å². The van der Waals surface area contributed by atoms with E-state index in [0.29, 0.717) is 11.1 Å². The molecular formula is C22H11N3O4S. The lowest BCUT2D eigenvalue weighted by Crippen LogP contribution is -2.11. The summed E-state index contributed by atoms with van der Waals surface area (Å²) in [5.74, 6) is -1.15. The van der Waals surface area contributed by atoms with Crippen LogP contribution in [0.1, 0.15) is 27.0 Å². The first kappa shape index (κ1) is 20.3. The molecule has 0 fully saturated rings. The highest BCUT2D eigenvalue weighted by atomic mass is 32.2. The van der Waals surface area contributed by atoms with E-state index < -0.39 is 15.8 Å². The van der Waals surface area contributed by atoms with Crippen molar-refractivity contribution in [3.63, 3.8) is 0 Å². The van der Waals surface area contributed by atoms with E-state index in [4.69, 9.17) is 16.9 Å². The Labute approximate surface area is 172 Å². The highest BCUT2D eigenvalue weighted by Crippen LogP contribution is 2.39. The Morgan fingerprint density at radius 1 is 0.933 bits per heavy atom. The van der Waals surface area contributed by atoms with Gasteiger partial charge in [-0.3, -0.25) is 0 Å². The van der Waals surface area contributed by atoms with Crippen molar-refractivity contribution in [2.45, 2.75) is 0 Å². The third kappa shape index (κ3) is 3.62. The minimum absolute atomic E-state index is 0.00921. The van der Waals surface area contributed by atoms with Gasteiger partial charge in [0.1, 0.15) is 0 Å². The van der Waals surface area contributed by atoms with Crippen LogP contribution in [0.25, 0.3) is 14.7 Å². The van der Waals surface area contributed by atoms with Crippen LogP contribution in [0.15, 0.2) is 72.0 Å². The van der Waals surface area contributed by atoms with Crippen LogP contribution in [0.3, 0.4) is 0 Å².